The van der Waals surface area contributed by atoms with Crippen LogP contribution in [0.25, 0.3) is 0 Å². The molecule has 4 atom stereocenters. The van der Waals surface area contributed by atoms with Crippen molar-refractivity contribution in [2.75, 3.05) is 13.1 Å². The third-order valence-corrected chi connectivity index (χ3v) is 5.63. The number of aromatic carboxylic acids is 1. The predicted molar refractivity (Wildman–Crippen MR) is 101 cm³/mol. The zero-order valence-corrected chi connectivity index (χ0v) is 15.7. The summed E-state index contributed by atoms with van der Waals surface area (Å²) < 4.78 is 6.11. The molecule has 0 aliphatic carbocycles. The van der Waals surface area contributed by atoms with Crippen LogP contribution in [-0.4, -0.2) is 42.4 Å². The highest BCUT2D eigenvalue weighted by Gasteiger charge is 2.48. The Bertz CT molecular complexity index is 649. The molecular formula is C20H29N3O4. The first-order valence-corrected chi connectivity index (χ1v) is 9.83. The van der Waals surface area contributed by atoms with Crippen LogP contribution in [0.4, 0.5) is 4.79 Å². The Balaban J connectivity index is 1.49. The summed E-state index contributed by atoms with van der Waals surface area (Å²) in [5.41, 5.74) is 7.23. The Kier molecular flexibility index (Phi) is 6.68. The van der Waals surface area contributed by atoms with Crippen LogP contribution in [-0.2, 0) is 11.2 Å². The van der Waals surface area contributed by atoms with E-state index in [4.69, 9.17) is 9.84 Å². The van der Waals surface area contributed by atoms with Crippen molar-refractivity contribution in [1.82, 2.24) is 16.2 Å². The molecule has 2 bridgehead atoms. The van der Waals surface area contributed by atoms with Crippen LogP contribution < -0.4 is 16.2 Å². The van der Waals surface area contributed by atoms with E-state index in [2.05, 4.69) is 16.2 Å². The van der Waals surface area contributed by atoms with E-state index in [1.54, 1.807) is 12.1 Å². The fourth-order valence-corrected chi connectivity index (χ4v) is 4.23. The summed E-state index contributed by atoms with van der Waals surface area (Å²) in [6.07, 6.45) is 5.57. The third-order valence-electron chi connectivity index (χ3n) is 5.63. The summed E-state index contributed by atoms with van der Waals surface area (Å²) in [6, 6.07) is 6.91. The number of fused-ring (bicyclic) bond motifs is 2. The zero-order chi connectivity index (χ0) is 19.2. The molecule has 2 heterocycles. The normalized spacial score (nSPS) is 26.1. The summed E-state index contributed by atoms with van der Waals surface area (Å²) in [7, 11) is 0. The Morgan fingerprint density at radius 1 is 1.15 bits per heavy atom. The van der Waals surface area contributed by atoms with Gasteiger partial charge in [-0.15, -0.1) is 0 Å². The van der Waals surface area contributed by atoms with Crippen LogP contribution in [0, 0.1) is 11.8 Å². The van der Waals surface area contributed by atoms with E-state index in [1.807, 2.05) is 19.1 Å². The van der Waals surface area contributed by atoms with Crippen molar-refractivity contribution in [2.24, 2.45) is 11.8 Å². The van der Waals surface area contributed by atoms with E-state index >= 15 is 0 Å². The Morgan fingerprint density at radius 3 is 2.52 bits per heavy atom. The number of hydrazine groups is 1. The first kappa shape index (κ1) is 19.6. The lowest BCUT2D eigenvalue weighted by Gasteiger charge is -2.28. The van der Waals surface area contributed by atoms with Gasteiger partial charge >= 0.3 is 12.0 Å². The van der Waals surface area contributed by atoms with Crippen molar-refractivity contribution in [2.45, 2.75) is 51.2 Å². The minimum absolute atomic E-state index is 0.198. The number of hydrogen-bond acceptors (Lipinski definition) is 4. The monoisotopic (exact) mass is 375 g/mol. The molecule has 0 saturated carbocycles. The molecule has 1 aromatic rings. The maximum Gasteiger partial charge on any atom is 0.335 e. The standard InChI is InChI=1S/C20H29N3O4/c1-2-11-21-20(26)23-22-12-16-15(17-9-10-18(16)27-17)8-5-13-3-6-14(7-4-13)19(24)25/h3-4,6-7,15-18,22H,2,5,8-12H2,1H3,(H,24,25)(H2,21,23,26). The van der Waals surface area contributed by atoms with E-state index in [-0.39, 0.29) is 12.1 Å². The van der Waals surface area contributed by atoms with Gasteiger partial charge in [0.15, 0.2) is 0 Å². The number of nitrogens with one attached hydrogen (secondary N) is 3. The van der Waals surface area contributed by atoms with Gasteiger partial charge in [0, 0.05) is 19.0 Å². The van der Waals surface area contributed by atoms with Crippen molar-refractivity contribution < 1.29 is 19.4 Å². The Hall–Kier alpha value is -2.12. The van der Waals surface area contributed by atoms with Crippen molar-refractivity contribution in [1.29, 1.82) is 0 Å². The van der Waals surface area contributed by atoms with Gasteiger partial charge in [0.05, 0.1) is 17.8 Å². The molecule has 3 rings (SSSR count). The second-order valence-electron chi connectivity index (χ2n) is 7.42. The van der Waals surface area contributed by atoms with Crippen LogP contribution >= 0.6 is 0 Å². The van der Waals surface area contributed by atoms with Gasteiger partial charge in [0.2, 0.25) is 0 Å². The highest BCUT2D eigenvalue weighted by atomic mass is 16.5. The molecule has 2 aliphatic rings. The summed E-state index contributed by atoms with van der Waals surface area (Å²) in [6.45, 7) is 3.37. The largest absolute Gasteiger partial charge is 0.478 e. The van der Waals surface area contributed by atoms with Gasteiger partial charge in [-0.2, -0.15) is 0 Å². The van der Waals surface area contributed by atoms with Crippen LogP contribution in [0.3, 0.4) is 0 Å². The number of carboxylic acids is 1. The van der Waals surface area contributed by atoms with Gasteiger partial charge in [-0.1, -0.05) is 19.1 Å². The lowest BCUT2D eigenvalue weighted by atomic mass is 9.76. The summed E-state index contributed by atoms with van der Waals surface area (Å²) in [5.74, 6) is -0.0610. The van der Waals surface area contributed by atoms with Crippen molar-refractivity contribution in [3.05, 3.63) is 35.4 Å². The Labute approximate surface area is 159 Å². The molecule has 2 saturated heterocycles. The van der Waals surface area contributed by atoms with Gasteiger partial charge in [0.25, 0.3) is 0 Å². The number of amides is 2. The van der Waals surface area contributed by atoms with Gasteiger partial charge in [-0.3, -0.25) is 5.43 Å². The fraction of sp³-hybridized carbons (Fsp3) is 0.600. The summed E-state index contributed by atoms with van der Waals surface area (Å²) >= 11 is 0. The molecule has 0 aromatic heterocycles. The number of carbonyl (C=O) groups excluding carboxylic acids is 1. The van der Waals surface area contributed by atoms with E-state index in [0.29, 0.717) is 36.6 Å². The number of urea groups is 1. The molecule has 7 nitrogen and oxygen atoms in total. The maximum absolute atomic E-state index is 11.6. The molecule has 0 spiro atoms. The zero-order valence-electron chi connectivity index (χ0n) is 15.7. The molecule has 7 heteroatoms. The van der Waals surface area contributed by atoms with Crippen LogP contribution in [0.1, 0.15) is 48.5 Å². The van der Waals surface area contributed by atoms with E-state index < -0.39 is 5.97 Å². The van der Waals surface area contributed by atoms with Crippen LogP contribution in [0.5, 0.6) is 0 Å². The lowest BCUT2D eigenvalue weighted by molar-refractivity contribution is 0.0696. The number of aryl methyl sites for hydroxylation is 1. The third kappa shape index (κ3) is 4.99. The quantitative estimate of drug-likeness (QED) is 0.497. The average Bonchev–Trinajstić information content (AvgIpc) is 3.27. The first-order valence-electron chi connectivity index (χ1n) is 9.83. The van der Waals surface area contributed by atoms with Crippen molar-refractivity contribution in [3.8, 4) is 0 Å². The SMILES string of the molecule is CCCNC(=O)NNCC1C2CCC(O2)C1CCc1ccc(C(=O)O)cc1. The van der Waals surface area contributed by atoms with E-state index in [1.165, 1.54) is 0 Å². The van der Waals surface area contributed by atoms with Gasteiger partial charge in [-0.25, -0.2) is 15.0 Å². The fourth-order valence-electron chi connectivity index (χ4n) is 4.23. The predicted octanol–water partition coefficient (Wildman–Crippen LogP) is 2.32. The summed E-state index contributed by atoms with van der Waals surface area (Å²) in [4.78, 5) is 22.6. The highest BCUT2D eigenvalue weighted by Crippen LogP contribution is 2.45. The van der Waals surface area contributed by atoms with Gasteiger partial charge in [0.1, 0.15) is 0 Å². The minimum Gasteiger partial charge on any atom is -0.478 e. The molecule has 2 aliphatic heterocycles. The molecule has 2 amide bonds. The Morgan fingerprint density at radius 2 is 1.85 bits per heavy atom. The van der Waals surface area contributed by atoms with E-state index in [0.717, 1.165) is 37.7 Å². The van der Waals surface area contributed by atoms with Crippen molar-refractivity contribution >= 4 is 12.0 Å². The van der Waals surface area contributed by atoms with Gasteiger partial charge < -0.3 is 15.2 Å². The number of rotatable bonds is 9. The molecule has 1 aromatic carbocycles. The van der Waals surface area contributed by atoms with Crippen LogP contribution in [0.15, 0.2) is 24.3 Å². The molecule has 27 heavy (non-hydrogen) atoms. The highest BCUT2D eigenvalue weighted by molar-refractivity contribution is 5.87. The molecule has 0 radical (unpaired) electrons. The van der Waals surface area contributed by atoms with Crippen LogP contribution in [0.2, 0.25) is 0 Å². The maximum atomic E-state index is 11.6. The van der Waals surface area contributed by atoms with Crippen molar-refractivity contribution in [3.63, 3.8) is 0 Å². The lowest BCUT2D eigenvalue weighted by Crippen LogP contribution is -2.48. The first-order chi connectivity index (χ1) is 13.1. The smallest absolute Gasteiger partial charge is 0.335 e. The second kappa shape index (κ2) is 9.19. The number of ether oxygens (including phenoxy) is 1. The molecule has 4 N–H and O–H groups in total. The molecular weight excluding hydrogens is 346 g/mol. The number of carbonyl (C=O) groups is 2. The number of hydrogen-bond donors (Lipinski definition) is 4. The topological polar surface area (TPSA) is 99.7 Å². The minimum atomic E-state index is -0.898. The van der Waals surface area contributed by atoms with E-state index in [9.17, 15) is 9.59 Å². The second-order valence-corrected chi connectivity index (χ2v) is 7.42. The molecule has 4 unspecified atom stereocenters. The average molecular weight is 375 g/mol. The molecule has 148 valence electrons. The summed E-state index contributed by atoms with van der Waals surface area (Å²) in [5, 5.41) is 11.8. The van der Waals surface area contributed by atoms with Gasteiger partial charge in [-0.05, 0) is 55.7 Å². The number of benzene rings is 1. The number of carboxylic acid groups (broad SMARTS) is 1. The molecule has 2 fully saturated rings.